The van der Waals surface area contributed by atoms with Crippen LogP contribution in [0.5, 0.6) is 0 Å². The standard InChI is InChI=1S/C16H19N3O2/c1-4-19-11-13(10-18-19)9-17-15-7-5-14(6-8-15)16(20)21-12(2)3/h4-8,10-12,17H,1,9H2,2-3H3. The van der Waals surface area contributed by atoms with Crippen molar-refractivity contribution in [2.24, 2.45) is 0 Å². The highest BCUT2D eigenvalue weighted by atomic mass is 16.5. The number of rotatable bonds is 6. The summed E-state index contributed by atoms with van der Waals surface area (Å²) >= 11 is 0. The first-order chi connectivity index (χ1) is 10.1. The first-order valence-corrected chi connectivity index (χ1v) is 6.79. The predicted octanol–water partition coefficient (Wildman–Crippen LogP) is 3.16. The highest BCUT2D eigenvalue weighted by Crippen LogP contribution is 2.12. The van der Waals surface area contributed by atoms with Crippen LogP contribution in [0.25, 0.3) is 6.20 Å². The molecule has 0 aliphatic heterocycles. The smallest absolute Gasteiger partial charge is 0.338 e. The average molecular weight is 285 g/mol. The van der Waals surface area contributed by atoms with Crippen molar-refractivity contribution in [3.8, 4) is 0 Å². The monoisotopic (exact) mass is 285 g/mol. The summed E-state index contributed by atoms with van der Waals surface area (Å²) < 4.78 is 6.80. The quantitative estimate of drug-likeness (QED) is 0.828. The fraction of sp³-hybridized carbons (Fsp3) is 0.250. The van der Waals surface area contributed by atoms with Crippen LogP contribution < -0.4 is 5.32 Å². The van der Waals surface area contributed by atoms with E-state index in [1.807, 2.05) is 32.2 Å². The number of nitrogens with one attached hydrogen (secondary N) is 1. The van der Waals surface area contributed by atoms with Gasteiger partial charge in [0.1, 0.15) is 0 Å². The van der Waals surface area contributed by atoms with Crippen molar-refractivity contribution >= 4 is 17.9 Å². The van der Waals surface area contributed by atoms with Gasteiger partial charge < -0.3 is 10.1 Å². The van der Waals surface area contributed by atoms with Gasteiger partial charge in [0.25, 0.3) is 0 Å². The molecular weight excluding hydrogens is 266 g/mol. The first-order valence-electron chi connectivity index (χ1n) is 6.79. The number of hydrogen-bond donors (Lipinski definition) is 1. The van der Waals surface area contributed by atoms with Gasteiger partial charge in [0.05, 0.1) is 17.9 Å². The fourth-order valence-corrected chi connectivity index (χ4v) is 1.78. The van der Waals surface area contributed by atoms with E-state index in [4.69, 9.17) is 4.74 Å². The molecule has 5 heteroatoms. The minimum absolute atomic E-state index is 0.114. The van der Waals surface area contributed by atoms with Gasteiger partial charge in [-0.25, -0.2) is 9.48 Å². The molecule has 0 radical (unpaired) electrons. The number of anilines is 1. The Kier molecular flexibility index (Phi) is 4.77. The Morgan fingerprint density at radius 2 is 2.14 bits per heavy atom. The van der Waals surface area contributed by atoms with E-state index >= 15 is 0 Å². The van der Waals surface area contributed by atoms with E-state index in [1.54, 1.807) is 29.2 Å². The van der Waals surface area contributed by atoms with Crippen molar-refractivity contribution in [2.45, 2.75) is 26.5 Å². The Balaban J connectivity index is 1.93. The molecule has 0 spiro atoms. The first kappa shape index (κ1) is 14.8. The molecule has 2 rings (SSSR count). The summed E-state index contributed by atoms with van der Waals surface area (Å²) in [7, 11) is 0. The van der Waals surface area contributed by atoms with Gasteiger partial charge in [-0.15, -0.1) is 0 Å². The van der Waals surface area contributed by atoms with E-state index in [2.05, 4.69) is 17.0 Å². The van der Waals surface area contributed by atoms with Crippen LogP contribution in [-0.2, 0) is 11.3 Å². The average Bonchev–Trinajstić information content (AvgIpc) is 2.93. The highest BCUT2D eigenvalue weighted by molar-refractivity contribution is 5.89. The summed E-state index contributed by atoms with van der Waals surface area (Å²) in [6.45, 7) is 7.96. The van der Waals surface area contributed by atoms with Crippen molar-refractivity contribution < 1.29 is 9.53 Å². The maximum absolute atomic E-state index is 11.7. The van der Waals surface area contributed by atoms with Crippen LogP contribution in [0.3, 0.4) is 0 Å². The summed E-state index contributed by atoms with van der Waals surface area (Å²) in [6, 6.07) is 7.21. The number of esters is 1. The molecule has 1 aromatic carbocycles. The SMILES string of the molecule is C=Cn1cc(CNc2ccc(C(=O)OC(C)C)cc2)cn1. The lowest BCUT2D eigenvalue weighted by Crippen LogP contribution is -2.11. The summed E-state index contributed by atoms with van der Waals surface area (Å²) in [6.07, 6.45) is 5.20. The van der Waals surface area contributed by atoms with Crippen LogP contribution in [0.2, 0.25) is 0 Å². The Morgan fingerprint density at radius 1 is 1.43 bits per heavy atom. The Hall–Kier alpha value is -2.56. The minimum atomic E-state index is -0.302. The molecule has 0 amide bonds. The number of benzene rings is 1. The second kappa shape index (κ2) is 6.74. The second-order valence-corrected chi connectivity index (χ2v) is 4.90. The van der Waals surface area contributed by atoms with Gasteiger partial charge in [-0.3, -0.25) is 0 Å². The lowest BCUT2D eigenvalue weighted by molar-refractivity contribution is 0.0378. The van der Waals surface area contributed by atoms with Crippen LogP contribution >= 0.6 is 0 Å². The zero-order chi connectivity index (χ0) is 15.2. The predicted molar refractivity (Wildman–Crippen MR) is 82.9 cm³/mol. The van der Waals surface area contributed by atoms with E-state index in [0.29, 0.717) is 12.1 Å². The molecule has 0 unspecified atom stereocenters. The normalized spacial score (nSPS) is 10.4. The number of carbonyl (C=O) groups is 1. The van der Waals surface area contributed by atoms with Gasteiger partial charge in [0.15, 0.2) is 0 Å². The molecule has 0 aliphatic rings. The van der Waals surface area contributed by atoms with Gasteiger partial charge in [0, 0.05) is 30.2 Å². The fourth-order valence-electron chi connectivity index (χ4n) is 1.78. The van der Waals surface area contributed by atoms with Gasteiger partial charge >= 0.3 is 5.97 Å². The molecule has 1 N–H and O–H groups in total. The lowest BCUT2D eigenvalue weighted by Gasteiger charge is -2.09. The molecule has 0 aliphatic carbocycles. The molecule has 0 bridgehead atoms. The summed E-state index contributed by atoms with van der Waals surface area (Å²) in [4.78, 5) is 11.7. The van der Waals surface area contributed by atoms with E-state index in [0.717, 1.165) is 11.3 Å². The molecule has 0 saturated heterocycles. The van der Waals surface area contributed by atoms with Crippen LogP contribution in [0, 0.1) is 0 Å². The summed E-state index contributed by atoms with van der Waals surface area (Å²) in [5.74, 6) is -0.302. The minimum Gasteiger partial charge on any atom is -0.459 e. The maximum atomic E-state index is 11.7. The molecule has 1 aromatic heterocycles. The number of nitrogens with zero attached hydrogens (tertiary/aromatic N) is 2. The third-order valence-corrected chi connectivity index (χ3v) is 2.80. The molecule has 110 valence electrons. The van der Waals surface area contributed by atoms with Crippen molar-refractivity contribution in [1.82, 2.24) is 9.78 Å². The summed E-state index contributed by atoms with van der Waals surface area (Å²) in [5, 5.41) is 7.37. The summed E-state index contributed by atoms with van der Waals surface area (Å²) in [5.41, 5.74) is 2.54. The van der Waals surface area contributed by atoms with Crippen LogP contribution in [-0.4, -0.2) is 21.9 Å². The Morgan fingerprint density at radius 3 is 2.71 bits per heavy atom. The van der Waals surface area contributed by atoms with Crippen molar-refractivity contribution in [3.63, 3.8) is 0 Å². The molecule has 5 nitrogen and oxygen atoms in total. The highest BCUT2D eigenvalue weighted by Gasteiger charge is 2.08. The van der Waals surface area contributed by atoms with Crippen LogP contribution in [0.4, 0.5) is 5.69 Å². The van der Waals surface area contributed by atoms with Crippen molar-refractivity contribution in [2.75, 3.05) is 5.32 Å². The third-order valence-electron chi connectivity index (χ3n) is 2.80. The maximum Gasteiger partial charge on any atom is 0.338 e. The van der Waals surface area contributed by atoms with Crippen LogP contribution in [0.15, 0.2) is 43.2 Å². The van der Waals surface area contributed by atoms with Gasteiger partial charge in [-0.2, -0.15) is 5.10 Å². The van der Waals surface area contributed by atoms with E-state index in [9.17, 15) is 4.79 Å². The Labute approximate surface area is 124 Å². The third kappa shape index (κ3) is 4.21. The van der Waals surface area contributed by atoms with Crippen molar-refractivity contribution in [1.29, 1.82) is 0 Å². The molecule has 0 saturated carbocycles. The van der Waals surface area contributed by atoms with E-state index in [-0.39, 0.29) is 12.1 Å². The lowest BCUT2D eigenvalue weighted by atomic mass is 10.2. The zero-order valence-corrected chi connectivity index (χ0v) is 12.2. The number of carbonyl (C=O) groups excluding carboxylic acids is 1. The van der Waals surface area contributed by atoms with Gasteiger partial charge in [-0.05, 0) is 38.1 Å². The number of aromatic nitrogens is 2. The Bertz CT molecular complexity index is 615. The molecular formula is C16H19N3O2. The molecule has 1 heterocycles. The van der Waals surface area contributed by atoms with Gasteiger partial charge in [-0.1, -0.05) is 6.58 Å². The number of ether oxygens (including phenoxy) is 1. The largest absolute Gasteiger partial charge is 0.459 e. The van der Waals surface area contributed by atoms with Gasteiger partial charge in [0.2, 0.25) is 0 Å². The molecule has 2 aromatic rings. The van der Waals surface area contributed by atoms with Crippen LogP contribution in [0.1, 0.15) is 29.8 Å². The van der Waals surface area contributed by atoms with E-state index in [1.165, 1.54) is 0 Å². The second-order valence-electron chi connectivity index (χ2n) is 4.90. The molecule has 0 fully saturated rings. The van der Waals surface area contributed by atoms with Crippen molar-refractivity contribution in [3.05, 3.63) is 54.4 Å². The zero-order valence-electron chi connectivity index (χ0n) is 12.2. The number of hydrogen-bond acceptors (Lipinski definition) is 4. The molecule has 21 heavy (non-hydrogen) atoms. The topological polar surface area (TPSA) is 56.2 Å². The molecule has 0 atom stereocenters. The van der Waals surface area contributed by atoms with E-state index < -0.39 is 0 Å².